The summed E-state index contributed by atoms with van der Waals surface area (Å²) in [7, 11) is 1.20. The number of anilines is 2. The molecule has 116 valence electrons. The number of methoxy groups -OCH3 is 1. The van der Waals surface area contributed by atoms with E-state index in [4.69, 9.17) is 0 Å². The van der Waals surface area contributed by atoms with Crippen molar-refractivity contribution in [3.8, 4) is 0 Å². The van der Waals surface area contributed by atoms with E-state index in [-0.39, 0.29) is 0 Å². The lowest BCUT2D eigenvalue weighted by Crippen LogP contribution is -2.35. The van der Waals surface area contributed by atoms with E-state index in [0.717, 1.165) is 5.69 Å². The van der Waals surface area contributed by atoms with Crippen LogP contribution in [0.4, 0.5) is 15.6 Å². The molecule has 1 heterocycles. The zero-order chi connectivity index (χ0) is 15.9. The number of thioether (sulfide) groups is 1. The first kappa shape index (κ1) is 16.2. The molecule has 1 aromatic heterocycles. The van der Waals surface area contributed by atoms with Crippen molar-refractivity contribution in [2.45, 2.75) is 16.5 Å². The number of carbonyl (C=O) groups is 2. The molecule has 0 radical (unpaired) electrons. The maximum atomic E-state index is 11.7. The van der Waals surface area contributed by atoms with Crippen molar-refractivity contribution < 1.29 is 14.3 Å². The van der Waals surface area contributed by atoms with Crippen LogP contribution in [0.2, 0.25) is 0 Å². The number of nitrogens with zero attached hydrogens (tertiary/aromatic N) is 2. The summed E-state index contributed by atoms with van der Waals surface area (Å²) < 4.78 is 5.01. The second-order valence-corrected chi connectivity index (χ2v) is 6.67. The molecule has 2 N–H and O–H groups in total. The molecule has 0 fully saturated rings. The number of benzene rings is 1. The topological polar surface area (TPSA) is 93.2 Å². The van der Waals surface area contributed by atoms with Gasteiger partial charge in [-0.1, -0.05) is 41.3 Å². The summed E-state index contributed by atoms with van der Waals surface area (Å²) >= 11 is 2.55. The summed E-state index contributed by atoms with van der Waals surface area (Å²) in [6, 6.07) is 9.59. The zero-order valence-corrected chi connectivity index (χ0v) is 13.5. The monoisotopic (exact) mass is 338 g/mol. The van der Waals surface area contributed by atoms with Gasteiger partial charge in [-0.25, -0.2) is 4.79 Å². The van der Waals surface area contributed by atoms with Crippen molar-refractivity contribution in [3.05, 3.63) is 30.3 Å². The molecule has 0 aliphatic heterocycles. The average molecular weight is 338 g/mol. The molecule has 7 nitrogen and oxygen atoms in total. The van der Waals surface area contributed by atoms with Crippen molar-refractivity contribution >= 4 is 45.9 Å². The maximum Gasteiger partial charge on any atom is 0.413 e. The maximum absolute atomic E-state index is 11.7. The lowest BCUT2D eigenvalue weighted by Gasteiger charge is -2.07. The minimum atomic E-state index is -0.777. The molecule has 0 aliphatic rings. The lowest BCUT2D eigenvalue weighted by atomic mass is 10.3. The summed E-state index contributed by atoms with van der Waals surface area (Å²) in [5, 5.41) is 13.4. The highest BCUT2D eigenvalue weighted by molar-refractivity contribution is 8.02. The third kappa shape index (κ3) is 4.71. The summed E-state index contributed by atoms with van der Waals surface area (Å²) in [4.78, 5) is 22.7. The SMILES string of the molecule is COC(=O)NC(=O)[C@H](C)Sc1nnc(Nc2ccccc2)s1. The molecule has 1 atom stereocenters. The normalized spacial score (nSPS) is 11.5. The first-order valence-corrected chi connectivity index (χ1v) is 7.99. The highest BCUT2D eigenvalue weighted by Gasteiger charge is 2.19. The predicted molar refractivity (Wildman–Crippen MR) is 85.5 cm³/mol. The van der Waals surface area contributed by atoms with Gasteiger partial charge in [0.15, 0.2) is 4.34 Å². The molecule has 0 saturated carbocycles. The Morgan fingerprint density at radius 1 is 1.27 bits per heavy atom. The number of ether oxygens (including phenoxy) is 1. The number of para-hydroxylation sites is 1. The van der Waals surface area contributed by atoms with Gasteiger partial charge in [0.1, 0.15) is 0 Å². The van der Waals surface area contributed by atoms with Gasteiger partial charge in [0, 0.05) is 5.69 Å². The number of rotatable bonds is 5. The van der Waals surface area contributed by atoms with Gasteiger partial charge in [0.25, 0.3) is 0 Å². The minimum Gasteiger partial charge on any atom is -0.453 e. The fourth-order valence-corrected chi connectivity index (χ4v) is 3.33. The Hall–Kier alpha value is -2.13. The molecule has 2 amide bonds. The second-order valence-electron chi connectivity index (χ2n) is 4.11. The molecule has 0 unspecified atom stereocenters. The van der Waals surface area contributed by atoms with Gasteiger partial charge in [-0.15, -0.1) is 10.2 Å². The fraction of sp³-hybridized carbons (Fsp3) is 0.231. The third-order valence-corrected chi connectivity index (χ3v) is 4.51. The number of aromatic nitrogens is 2. The summed E-state index contributed by atoms with van der Waals surface area (Å²) in [6.07, 6.45) is -0.777. The van der Waals surface area contributed by atoms with Crippen molar-refractivity contribution in [1.29, 1.82) is 0 Å². The van der Waals surface area contributed by atoms with Crippen molar-refractivity contribution in [1.82, 2.24) is 15.5 Å². The highest BCUT2D eigenvalue weighted by atomic mass is 32.2. The van der Waals surface area contributed by atoms with Gasteiger partial charge in [-0.2, -0.15) is 0 Å². The van der Waals surface area contributed by atoms with E-state index in [0.29, 0.717) is 9.47 Å². The predicted octanol–water partition coefficient (Wildman–Crippen LogP) is 2.64. The van der Waals surface area contributed by atoms with Crippen LogP contribution in [0.15, 0.2) is 34.7 Å². The number of nitrogens with one attached hydrogen (secondary N) is 2. The summed E-state index contributed by atoms with van der Waals surface area (Å²) in [6.45, 7) is 1.68. The van der Waals surface area contributed by atoms with E-state index in [2.05, 4.69) is 25.6 Å². The number of hydrogen-bond acceptors (Lipinski definition) is 8. The molecule has 0 saturated heterocycles. The Morgan fingerprint density at radius 2 is 2.00 bits per heavy atom. The number of hydrogen-bond donors (Lipinski definition) is 2. The number of amides is 2. The van der Waals surface area contributed by atoms with Crippen LogP contribution in [0.25, 0.3) is 0 Å². The molecule has 22 heavy (non-hydrogen) atoms. The highest BCUT2D eigenvalue weighted by Crippen LogP contribution is 2.30. The van der Waals surface area contributed by atoms with E-state index in [1.807, 2.05) is 30.3 Å². The first-order chi connectivity index (χ1) is 10.6. The van der Waals surface area contributed by atoms with Crippen LogP contribution in [0, 0.1) is 0 Å². The van der Waals surface area contributed by atoms with Crippen molar-refractivity contribution in [2.75, 3.05) is 12.4 Å². The van der Waals surface area contributed by atoms with E-state index < -0.39 is 17.3 Å². The minimum absolute atomic E-state index is 0.440. The Balaban J connectivity index is 1.91. The first-order valence-electron chi connectivity index (χ1n) is 6.29. The van der Waals surface area contributed by atoms with Gasteiger partial charge in [-0.3, -0.25) is 10.1 Å². The third-order valence-electron chi connectivity index (χ3n) is 2.49. The van der Waals surface area contributed by atoms with Gasteiger partial charge < -0.3 is 10.1 Å². The van der Waals surface area contributed by atoms with Crippen molar-refractivity contribution in [3.63, 3.8) is 0 Å². The average Bonchev–Trinajstić information content (AvgIpc) is 2.95. The Kier molecular flexibility index (Phi) is 5.73. The zero-order valence-electron chi connectivity index (χ0n) is 11.9. The molecule has 9 heteroatoms. The number of alkyl carbamates (subject to hydrolysis) is 1. The Labute approximate surface area is 135 Å². The summed E-state index contributed by atoms with van der Waals surface area (Å²) in [5.41, 5.74) is 0.909. The van der Waals surface area contributed by atoms with E-state index in [9.17, 15) is 9.59 Å². The van der Waals surface area contributed by atoms with Crippen molar-refractivity contribution in [2.24, 2.45) is 0 Å². The summed E-state index contributed by atoms with van der Waals surface area (Å²) in [5.74, 6) is -0.440. The number of imide groups is 1. The molecule has 2 rings (SSSR count). The van der Waals surface area contributed by atoms with Crippen LogP contribution < -0.4 is 10.6 Å². The second kappa shape index (κ2) is 7.76. The quantitative estimate of drug-likeness (QED) is 0.809. The van der Waals surface area contributed by atoms with E-state index in [1.54, 1.807) is 6.92 Å². The van der Waals surface area contributed by atoms with Gasteiger partial charge in [0.05, 0.1) is 12.4 Å². The standard InChI is InChI=1S/C13H14N4O3S2/c1-8(10(18)15-12(19)20-2)21-13-17-16-11(22-13)14-9-6-4-3-5-7-9/h3-8H,1-2H3,(H,14,16)(H,15,18,19)/t8-/m0/s1. The van der Waals surface area contributed by atoms with Crippen LogP contribution in [-0.2, 0) is 9.53 Å². The molecule has 1 aromatic carbocycles. The van der Waals surface area contributed by atoms with Crippen LogP contribution in [0.5, 0.6) is 0 Å². The molecular formula is C13H14N4O3S2. The largest absolute Gasteiger partial charge is 0.453 e. The number of carbonyl (C=O) groups excluding carboxylic acids is 2. The van der Waals surface area contributed by atoms with Crippen LogP contribution in [-0.4, -0.2) is 34.6 Å². The lowest BCUT2D eigenvalue weighted by molar-refractivity contribution is -0.119. The smallest absolute Gasteiger partial charge is 0.413 e. The Bertz CT molecular complexity index is 648. The van der Waals surface area contributed by atoms with Gasteiger partial charge >= 0.3 is 6.09 Å². The molecule has 0 bridgehead atoms. The van der Waals surface area contributed by atoms with Gasteiger partial charge in [-0.05, 0) is 19.1 Å². The fourth-order valence-electron chi connectivity index (χ4n) is 1.41. The van der Waals surface area contributed by atoms with Gasteiger partial charge in [0.2, 0.25) is 11.0 Å². The van der Waals surface area contributed by atoms with E-state index >= 15 is 0 Å². The van der Waals surface area contributed by atoms with Crippen LogP contribution in [0.3, 0.4) is 0 Å². The van der Waals surface area contributed by atoms with Crippen LogP contribution in [0.1, 0.15) is 6.92 Å². The Morgan fingerprint density at radius 3 is 2.68 bits per heavy atom. The molecule has 0 spiro atoms. The molecular weight excluding hydrogens is 324 g/mol. The van der Waals surface area contributed by atoms with E-state index in [1.165, 1.54) is 30.2 Å². The molecule has 2 aromatic rings. The molecule has 0 aliphatic carbocycles. The van der Waals surface area contributed by atoms with Crippen LogP contribution >= 0.6 is 23.1 Å².